The summed E-state index contributed by atoms with van der Waals surface area (Å²) in [7, 11) is 0. The van der Waals surface area contributed by atoms with Gasteiger partial charge in [-0.3, -0.25) is 0 Å². The Balaban J connectivity index is 1.82. The van der Waals surface area contributed by atoms with Crippen molar-refractivity contribution in [2.75, 3.05) is 23.8 Å². The molecule has 0 radical (unpaired) electrons. The summed E-state index contributed by atoms with van der Waals surface area (Å²) in [5, 5.41) is 0.956. The van der Waals surface area contributed by atoms with Crippen LogP contribution in [0.15, 0.2) is 0 Å². The smallest absolute Gasteiger partial charge is 0.233 e. The molecule has 1 aromatic rings. The second-order valence-electron chi connectivity index (χ2n) is 4.39. The van der Waals surface area contributed by atoms with Crippen molar-refractivity contribution in [3.63, 3.8) is 0 Å². The fourth-order valence-electron chi connectivity index (χ4n) is 2.68. The zero-order chi connectivity index (χ0) is 11.0. The first-order valence-electron chi connectivity index (χ1n) is 5.82. The van der Waals surface area contributed by atoms with Gasteiger partial charge in [0.05, 0.1) is 18.8 Å². The zero-order valence-corrected chi connectivity index (χ0v) is 9.95. The van der Waals surface area contributed by atoms with E-state index in [2.05, 4.69) is 14.3 Å². The second kappa shape index (κ2) is 4.18. The predicted octanol–water partition coefficient (Wildman–Crippen LogP) is 1.27. The summed E-state index contributed by atoms with van der Waals surface area (Å²) in [4.78, 5) is 6.62. The molecule has 2 N–H and O–H groups in total. The average Bonchev–Trinajstić information content (AvgIpc) is 2.75. The number of rotatable bonds is 1. The maximum Gasteiger partial charge on any atom is 0.233 e. The van der Waals surface area contributed by atoms with Crippen LogP contribution < -0.4 is 10.6 Å². The molecule has 0 amide bonds. The minimum Gasteiger partial charge on any atom is -0.374 e. The highest BCUT2D eigenvalue weighted by molar-refractivity contribution is 7.09. The van der Waals surface area contributed by atoms with Crippen molar-refractivity contribution in [3.8, 4) is 0 Å². The van der Waals surface area contributed by atoms with Crippen molar-refractivity contribution in [1.29, 1.82) is 0 Å². The van der Waals surface area contributed by atoms with Gasteiger partial charge >= 0.3 is 0 Å². The van der Waals surface area contributed by atoms with E-state index in [9.17, 15) is 0 Å². The van der Waals surface area contributed by atoms with Crippen molar-refractivity contribution in [3.05, 3.63) is 0 Å². The highest BCUT2D eigenvalue weighted by atomic mass is 32.1. The van der Waals surface area contributed by atoms with Crippen LogP contribution in [0.25, 0.3) is 0 Å². The first kappa shape index (κ1) is 10.3. The summed E-state index contributed by atoms with van der Waals surface area (Å²) in [6.07, 6.45) is 5.33. The number of ether oxygens (including phenoxy) is 1. The lowest BCUT2D eigenvalue weighted by Gasteiger charge is -2.43. The minimum absolute atomic E-state index is 0.382. The van der Waals surface area contributed by atoms with E-state index in [0.717, 1.165) is 18.3 Å². The van der Waals surface area contributed by atoms with Crippen LogP contribution in [0.2, 0.25) is 0 Å². The summed E-state index contributed by atoms with van der Waals surface area (Å²) >= 11 is 1.40. The summed E-state index contributed by atoms with van der Waals surface area (Å²) in [6, 6.07) is 0.481. The predicted molar refractivity (Wildman–Crippen MR) is 63.7 cm³/mol. The molecule has 1 aliphatic carbocycles. The molecule has 5 nitrogen and oxygen atoms in total. The number of aromatic nitrogens is 2. The highest BCUT2D eigenvalue weighted by Gasteiger charge is 2.35. The molecule has 1 aromatic heterocycles. The Morgan fingerprint density at radius 3 is 3.06 bits per heavy atom. The summed E-state index contributed by atoms with van der Waals surface area (Å²) in [5.74, 6) is 0.388. The Morgan fingerprint density at radius 1 is 1.38 bits per heavy atom. The van der Waals surface area contributed by atoms with E-state index in [4.69, 9.17) is 10.5 Å². The van der Waals surface area contributed by atoms with Gasteiger partial charge in [-0.25, -0.2) is 0 Å². The Bertz CT molecular complexity index is 367. The molecule has 1 aliphatic heterocycles. The van der Waals surface area contributed by atoms with Crippen LogP contribution in [0.5, 0.6) is 0 Å². The lowest BCUT2D eigenvalue weighted by Crippen LogP contribution is -2.52. The number of nitrogens with zero attached hydrogens (tertiary/aromatic N) is 3. The van der Waals surface area contributed by atoms with E-state index in [0.29, 0.717) is 18.1 Å². The summed E-state index contributed by atoms with van der Waals surface area (Å²) in [5.41, 5.74) is 5.58. The fourth-order valence-corrected chi connectivity index (χ4v) is 3.36. The third-order valence-electron chi connectivity index (χ3n) is 3.41. The highest BCUT2D eigenvalue weighted by Crippen LogP contribution is 2.32. The van der Waals surface area contributed by atoms with E-state index in [1.807, 2.05) is 0 Å². The van der Waals surface area contributed by atoms with Gasteiger partial charge in [0, 0.05) is 18.1 Å². The van der Waals surface area contributed by atoms with Gasteiger partial charge < -0.3 is 15.4 Å². The standard InChI is InChI=1S/C10H16N4OS/c11-9-12-10(16-13-9)14-5-6-15-8-4-2-1-3-7(8)14/h7-8H,1-6H2,(H2,11,13). The second-order valence-corrected chi connectivity index (χ2v) is 5.12. The maximum absolute atomic E-state index is 5.82. The molecule has 2 fully saturated rings. The SMILES string of the molecule is Nc1nsc(N2CCOC3CCCCC32)n1. The molecule has 3 rings (SSSR count). The van der Waals surface area contributed by atoms with Crippen molar-refractivity contribution < 1.29 is 4.74 Å². The monoisotopic (exact) mass is 240 g/mol. The van der Waals surface area contributed by atoms with E-state index in [-0.39, 0.29) is 0 Å². The van der Waals surface area contributed by atoms with E-state index >= 15 is 0 Å². The molecule has 0 bridgehead atoms. The normalized spacial score (nSPS) is 30.1. The van der Waals surface area contributed by atoms with Crippen LogP contribution in [0.3, 0.4) is 0 Å². The third kappa shape index (κ3) is 1.76. The molecule has 0 aromatic carbocycles. The molecule has 2 aliphatic rings. The number of morpholine rings is 1. The number of anilines is 2. The molecule has 2 unspecified atom stereocenters. The summed E-state index contributed by atoms with van der Waals surface area (Å²) in [6.45, 7) is 1.70. The van der Waals surface area contributed by atoms with Gasteiger partial charge in [0.2, 0.25) is 11.1 Å². The zero-order valence-electron chi connectivity index (χ0n) is 9.13. The lowest BCUT2D eigenvalue weighted by atomic mass is 9.90. The Labute approximate surface area is 98.8 Å². The van der Waals surface area contributed by atoms with Gasteiger partial charge in [0.1, 0.15) is 0 Å². The van der Waals surface area contributed by atoms with E-state index < -0.39 is 0 Å². The third-order valence-corrected chi connectivity index (χ3v) is 4.18. The van der Waals surface area contributed by atoms with Crippen molar-refractivity contribution in [1.82, 2.24) is 9.36 Å². The van der Waals surface area contributed by atoms with Crippen LogP contribution in [-0.2, 0) is 4.74 Å². The van der Waals surface area contributed by atoms with Gasteiger partial charge in [-0.1, -0.05) is 12.8 Å². The molecule has 2 atom stereocenters. The fraction of sp³-hybridized carbons (Fsp3) is 0.800. The minimum atomic E-state index is 0.382. The first-order valence-corrected chi connectivity index (χ1v) is 6.59. The van der Waals surface area contributed by atoms with Crippen LogP contribution in [0.1, 0.15) is 25.7 Å². The van der Waals surface area contributed by atoms with Gasteiger partial charge in [-0.05, 0) is 12.8 Å². The van der Waals surface area contributed by atoms with Crippen LogP contribution in [-0.4, -0.2) is 34.7 Å². The Morgan fingerprint density at radius 2 is 2.25 bits per heavy atom. The topological polar surface area (TPSA) is 64.3 Å². The van der Waals surface area contributed by atoms with Gasteiger partial charge in [0.15, 0.2) is 0 Å². The number of hydrogen-bond donors (Lipinski definition) is 1. The van der Waals surface area contributed by atoms with Crippen molar-refractivity contribution in [2.45, 2.75) is 37.8 Å². The molecule has 6 heteroatoms. The molecule has 88 valence electrons. The van der Waals surface area contributed by atoms with Crippen LogP contribution in [0, 0.1) is 0 Å². The quantitative estimate of drug-likeness (QED) is 0.800. The Kier molecular flexibility index (Phi) is 2.69. The largest absolute Gasteiger partial charge is 0.374 e. The average molecular weight is 240 g/mol. The van der Waals surface area contributed by atoms with Gasteiger partial charge in [-0.2, -0.15) is 9.36 Å². The number of hydrogen-bond acceptors (Lipinski definition) is 6. The molecule has 1 saturated heterocycles. The van der Waals surface area contributed by atoms with Gasteiger partial charge in [0.25, 0.3) is 0 Å². The lowest BCUT2D eigenvalue weighted by molar-refractivity contribution is -0.00868. The van der Waals surface area contributed by atoms with Crippen LogP contribution >= 0.6 is 11.5 Å². The van der Waals surface area contributed by atoms with Crippen molar-refractivity contribution >= 4 is 22.6 Å². The number of nitrogen functional groups attached to an aromatic ring is 1. The van der Waals surface area contributed by atoms with Crippen molar-refractivity contribution in [2.24, 2.45) is 0 Å². The molecular formula is C10H16N4OS. The van der Waals surface area contributed by atoms with E-state index in [1.54, 1.807) is 0 Å². The molecule has 16 heavy (non-hydrogen) atoms. The molecule has 1 saturated carbocycles. The number of fused-ring (bicyclic) bond motifs is 1. The maximum atomic E-state index is 5.82. The Hall–Kier alpha value is -0.880. The molecular weight excluding hydrogens is 224 g/mol. The van der Waals surface area contributed by atoms with Gasteiger partial charge in [-0.15, -0.1) is 0 Å². The van der Waals surface area contributed by atoms with E-state index in [1.165, 1.54) is 37.2 Å². The van der Waals surface area contributed by atoms with Crippen LogP contribution in [0.4, 0.5) is 11.1 Å². The number of nitrogens with two attached hydrogens (primary N) is 1. The molecule has 0 spiro atoms. The molecule has 2 heterocycles. The summed E-state index contributed by atoms with van der Waals surface area (Å²) < 4.78 is 9.88. The first-order chi connectivity index (χ1) is 7.84.